The van der Waals surface area contributed by atoms with Gasteiger partial charge in [-0.2, -0.15) is 0 Å². The fourth-order valence-corrected chi connectivity index (χ4v) is 8.35. The molecule has 4 heterocycles. The molecule has 15 heteroatoms. The minimum absolute atomic E-state index is 0.131. The summed E-state index contributed by atoms with van der Waals surface area (Å²) < 4.78 is 4.85. The van der Waals surface area contributed by atoms with Crippen LogP contribution in [0.4, 0.5) is 9.59 Å². The first-order valence-corrected chi connectivity index (χ1v) is 20.7. The minimum atomic E-state index is -1.26. The molecular formula is C45H53N9O6. The van der Waals surface area contributed by atoms with Crippen LogP contribution in [-0.2, 0) is 14.3 Å². The fourth-order valence-electron chi connectivity index (χ4n) is 8.35. The van der Waals surface area contributed by atoms with Crippen molar-refractivity contribution in [3.05, 3.63) is 108 Å². The van der Waals surface area contributed by atoms with Crippen LogP contribution in [0.1, 0.15) is 81.3 Å². The van der Waals surface area contributed by atoms with Crippen molar-refractivity contribution in [3.63, 3.8) is 0 Å². The predicted molar refractivity (Wildman–Crippen MR) is 226 cm³/mol. The third kappa shape index (κ3) is 9.36. The number of H-pyrrole nitrogens is 2. The molecule has 314 valence electrons. The highest BCUT2D eigenvalue weighted by Gasteiger charge is 2.38. The van der Waals surface area contributed by atoms with Gasteiger partial charge in [-0.15, -0.1) is 0 Å². The molecule has 4 amide bonds. The van der Waals surface area contributed by atoms with Gasteiger partial charge in [0.25, 0.3) is 5.91 Å². The number of hydrogen-bond donors (Lipinski definition) is 5. The topological polar surface area (TPSA) is 189 Å². The van der Waals surface area contributed by atoms with Gasteiger partial charge >= 0.3 is 12.2 Å². The average molecular weight is 816 g/mol. The number of carbonyl (C=O) groups excluding carboxylic acids is 3. The largest absolute Gasteiger partial charge is 0.465 e. The fraction of sp³-hybridized carbons (Fsp3) is 0.378. The van der Waals surface area contributed by atoms with Crippen molar-refractivity contribution in [1.29, 1.82) is 0 Å². The molecule has 2 saturated heterocycles. The van der Waals surface area contributed by atoms with E-state index in [0.717, 1.165) is 78.2 Å². The van der Waals surface area contributed by atoms with Gasteiger partial charge in [-0.25, -0.2) is 19.6 Å². The number of amides is 4. The third-order valence-electron chi connectivity index (χ3n) is 11.7. The van der Waals surface area contributed by atoms with Gasteiger partial charge in [0.15, 0.2) is 0 Å². The van der Waals surface area contributed by atoms with E-state index in [2.05, 4.69) is 68.6 Å². The molecule has 0 aliphatic carbocycles. The number of ether oxygens (including phenoxy) is 1. The summed E-state index contributed by atoms with van der Waals surface area (Å²) in [5.74, 6) is 0.948. The Labute approximate surface area is 349 Å². The number of methoxy groups -OCH3 is 1. The summed E-state index contributed by atoms with van der Waals surface area (Å²) in [6.45, 7) is 7.66. The van der Waals surface area contributed by atoms with Crippen molar-refractivity contribution < 1.29 is 29.0 Å². The molecule has 4 atom stereocenters. The Hall–Kier alpha value is -6.48. The number of nitrogens with zero attached hydrogens (tertiary/aromatic N) is 5. The van der Waals surface area contributed by atoms with Crippen LogP contribution in [0.15, 0.2) is 91.3 Å². The van der Waals surface area contributed by atoms with E-state index < -0.39 is 24.3 Å². The maximum atomic E-state index is 13.9. The molecule has 15 nitrogen and oxygen atoms in total. The Morgan fingerprint density at radius 1 is 0.750 bits per heavy atom. The van der Waals surface area contributed by atoms with E-state index >= 15 is 0 Å². The van der Waals surface area contributed by atoms with Crippen LogP contribution in [0.25, 0.3) is 33.6 Å². The Morgan fingerprint density at radius 2 is 1.25 bits per heavy atom. The number of imidazole rings is 2. The van der Waals surface area contributed by atoms with Crippen molar-refractivity contribution in [3.8, 4) is 33.6 Å². The zero-order chi connectivity index (χ0) is 42.2. The maximum Gasteiger partial charge on any atom is 0.407 e. The molecule has 1 unspecified atom stereocenters. The second kappa shape index (κ2) is 19.1. The van der Waals surface area contributed by atoms with Crippen molar-refractivity contribution in [1.82, 2.24) is 45.3 Å². The van der Waals surface area contributed by atoms with Crippen LogP contribution >= 0.6 is 0 Å². The lowest BCUT2D eigenvalue weighted by atomic mass is 10.0. The molecule has 2 aliphatic rings. The summed E-state index contributed by atoms with van der Waals surface area (Å²) in [5, 5.41) is 14.7. The van der Waals surface area contributed by atoms with E-state index in [-0.39, 0.29) is 23.9 Å². The van der Waals surface area contributed by atoms with E-state index in [1.165, 1.54) is 7.11 Å². The number of carboxylic acid groups (broad SMARTS) is 1. The monoisotopic (exact) mass is 815 g/mol. The SMILES string of the molecule is CCN(CC)CCC(NC(=O)OC)C(=O)N1CCC[C@H]1c1ncc(-c2ccc(-c3ccc(-c4cnc([C@@H]5CCCN5C(=O)[C@H](NC(=O)O)c5ccccc5)[nH]4)cc3)cc2)[nH]1. The van der Waals surface area contributed by atoms with Crippen molar-refractivity contribution in [2.75, 3.05) is 39.8 Å². The van der Waals surface area contributed by atoms with E-state index in [0.29, 0.717) is 37.4 Å². The molecule has 5 aromatic rings. The van der Waals surface area contributed by atoms with E-state index in [1.807, 2.05) is 35.2 Å². The molecule has 5 N–H and O–H groups in total. The molecule has 7 rings (SSSR count). The zero-order valence-electron chi connectivity index (χ0n) is 34.3. The lowest BCUT2D eigenvalue weighted by molar-refractivity contribution is -0.135. The van der Waals surface area contributed by atoms with Crippen LogP contribution in [0, 0.1) is 0 Å². The summed E-state index contributed by atoms with van der Waals surface area (Å²) in [6, 6.07) is 23.1. The molecule has 2 aromatic heterocycles. The number of benzene rings is 3. The average Bonchev–Trinajstić information content (AvgIpc) is 4.13. The maximum absolute atomic E-state index is 13.9. The Bertz CT molecular complexity index is 2240. The van der Waals surface area contributed by atoms with Crippen LogP contribution in [0.3, 0.4) is 0 Å². The number of hydrogen-bond acceptors (Lipinski definition) is 8. The smallest absolute Gasteiger partial charge is 0.407 e. The van der Waals surface area contributed by atoms with E-state index in [9.17, 15) is 24.3 Å². The van der Waals surface area contributed by atoms with Crippen molar-refractivity contribution in [2.24, 2.45) is 0 Å². The summed E-state index contributed by atoms with van der Waals surface area (Å²) in [5.41, 5.74) is 6.25. The lowest BCUT2D eigenvalue weighted by Gasteiger charge is -2.29. The van der Waals surface area contributed by atoms with Crippen LogP contribution < -0.4 is 10.6 Å². The molecule has 0 saturated carbocycles. The Balaban J connectivity index is 0.997. The second-order valence-corrected chi connectivity index (χ2v) is 15.2. The number of rotatable bonds is 15. The zero-order valence-corrected chi connectivity index (χ0v) is 34.3. The standard InChI is InChI=1S/C45H53N9O6/c1-4-52(5-2)26-23-34(50-45(59)60-3)42(55)53-24-9-13-37(53)40-46-27-35(48-40)31-19-15-29(16-20-31)30-17-21-32(22-18-30)36-28-47-41(49-36)38-14-10-25-54(38)43(56)39(51-44(57)58)33-11-7-6-8-12-33/h6-8,11-12,15-22,27-28,34,37-39,51H,4-5,9-10,13-14,23-26H2,1-3H3,(H,46,48)(H,47,49)(H,50,59)(H,57,58)/t34?,37-,38-,39+/m0/s1. The highest BCUT2D eigenvalue weighted by Crippen LogP contribution is 2.35. The van der Waals surface area contributed by atoms with Crippen LogP contribution in [0.5, 0.6) is 0 Å². The van der Waals surface area contributed by atoms with Gasteiger partial charge in [0.1, 0.15) is 23.7 Å². The van der Waals surface area contributed by atoms with E-state index in [4.69, 9.17) is 9.72 Å². The number of carbonyl (C=O) groups is 4. The molecule has 0 bridgehead atoms. The molecule has 0 radical (unpaired) electrons. The van der Waals surface area contributed by atoms with Gasteiger partial charge in [0.2, 0.25) is 5.91 Å². The van der Waals surface area contributed by atoms with Gasteiger partial charge in [-0.3, -0.25) is 9.59 Å². The Kier molecular flexibility index (Phi) is 13.2. The second-order valence-electron chi connectivity index (χ2n) is 15.2. The first-order valence-electron chi connectivity index (χ1n) is 20.7. The first kappa shape index (κ1) is 41.7. The summed E-state index contributed by atoms with van der Waals surface area (Å²) >= 11 is 0. The molecule has 0 spiro atoms. The van der Waals surface area contributed by atoms with Gasteiger partial charge in [0.05, 0.1) is 43.0 Å². The summed E-state index contributed by atoms with van der Waals surface area (Å²) in [4.78, 5) is 73.5. The van der Waals surface area contributed by atoms with Crippen LogP contribution in [0.2, 0.25) is 0 Å². The number of likely N-dealkylation sites (tertiary alicyclic amines) is 2. The summed E-state index contributed by atoms with van der Waals surface area (Å²) in [7, 11) is 1.30. The van der Waals surface area contributed by atoms with Crippen molar-refractivity contribution >= 4 is 24.0 Å². The van der Waals surface area contributed by atoms with Gasteiger partial charge in [0, 0.05) is 19.6 Å². The van der Waals surface area contributed by atoms with Gasteiger partial charge in [-0.1, -0.05) is 92.7 Å². The molecule has 2 fully saturated rings. The lowest BCUT2D eigenvalue weighted by Crippen LogP contribution is -2.49. The number of alkyl carbamates (subject to hydrolysis) is 1. The number of nitrogens with one attached hydrogen (secondary N) is 4. The molecule has 3 aromatic carbocycles. The Morgan fingerprint density at radius 3 is 1.73 bits per heavy atom. The van der Waals surface area contributed by atoms with Crippen LogP contribution in [-0.4, -0.2) is 110 Å². The van der Waals surface area contributed by atoms with Crippen molar-refractivity contribution in [2.45, 2.75) is 70.1 Å². The highest BCUT2D eigenvalue weighted by molar-refractivity contribution is 5.87. The van der Waals surface area contributed by atoms with Gasteiger partial charge in [-0.05, 0) is 73.0 Å². The third-order valence-corrected chi connectivity index (χ3v) is 11.7. The minimum Gasteiger partial charge on any atom is -0.465 e. The highest BCUT2D eigenvalue weighted by atomic mass is 16.5. The van der Waals surface area contributed by atoms with Gasteiger partial charge < -0.3 is 45.1 Å². The quantitative estimate of drug-likeness (QED) is 0.0747. The summed E-state index contributed by atoms with van der Waals surface area (Å²) in [6.07, 6.45) is 5.29. The number of aromatic amines is 2. The first-order chi connectivity index (χ1) is 29.2. The number of aromatic nitrogens is 4. The molecular weight excluding hydrogens is 763 g/mol. The molecule has 2 aliphatic heterocycles. The van der Waals surface area contributed by atoms with E-state index in [1.54, 1.807) is 41.6 Å². The normalized spacial score (nSPS) is 17.4. The molecule has 60 heavy (non-hydrogen) atoms. The predicted octanol–water partition coefficient (Wildman–Crippen LogP) is 6.93.